The van der Waals surface area contributed by atoms with Crippen molar-refractivity contribution in [3.63, 3.8) is 0 Å². The molecular formula is C27H27N7O6S2. The third-order valence-corrected chi connectivity index (χ3v) is 9.49. The number of nitrogens with one attached hydrogen (secondary N) is 2. The molecule has 0 spiro atoms. The molecular weight excluding hydrogens is 582 g/mol. The fourth-order valence-electron chi connectivity index (χ4n) is 5.55. The summed E-state index contributed by atoms with van der Waals surface area (Å²) >= 11 is 2.45. The van der Waals surface area contributed by atoms with Gasteiger partial charge in [-0.05, 0) is 55.4 Å². The zero-order valence-corrected chi connectivity index (χ0v) is 23.9. The van der Waals surface area contributed by atoms with Crippen LogP contribution < -0.4 is 16.4 Å². The van der Waals surface area contributed by atoms with Gasteiger partial charge >= 0.3 is 5.97 Å². The van der Waals surface area contributed by atoms with E-state index in [0.717, 1.165) is 37.0 Å². The number of pyridine rings is 1. The molecule has 13 nitrogen and oxygen atoms in total. The van der Waals surface area contributed by atoms with E-state index in [0.29, 0.717) is 35.2 Å². The molecule has 3 fully saturated rings. The average molecular weight is 610 g/mol. The van der Waals surface area contributed by atoms with Crippen LogP contribution in [-0.2, 0) is 24.0 Å². The van der Waals surface area contributed by atoms with Crippen molar-refractivity contribution >= 4 is 63.2 Å². The highest BCUT2D eigenvalue weighted by atomic mass is 32.2. The van der Waals surface area contributed by atoms with Crippen LogP contribution in [0.25, 0.3) is 5.57 Å². The molecule has 218 valence electrons. The summed E-state index contributed by atoms with van der Waals surface area (Å²) in [5, 5.41) is 21.0. The summed E-state index contributed by atoms with van der Waals surface area (Å²) in [5.74, 6) is -2.64. The lowest BCUT2D eigenvalue weighted by Gasteiger charge is -2.49. The Balaban J connectivity index is 1.29. The number of allylic oxidation sites excluding steroid dienone is 1. The molecule has 3 amide bonds. The maximum absolute atomic E-state index is 13.5. The van der Waals surface area contributed by atoms with Gasteiger partial charge < -0.3 is 26.3 Å². The van der Waals surface area contributed by atoms with E-state index in [1.165, 1.54) is 16.7 Å². The van der Waals surface area contributed by atoms with Crippen molar-refractivity contribution in [3.05, 3.63) is 58.0 Å². The first kappa shape index (κ1) is 27.9. The number of β-lactam (4-membered cyclic amide) rings is 1. The van der Waals surface area contributed by atoms with E-state index in [1.807, 2.05) is 0 Å². The van der Waals surface area contributed by atoms with E-state index in [1.54, 1.807) is 29.9 Å². The second kappa shape index (κ2) is 11.6. The van der Waals surface area contributed by atoms with Crippen molar-refractivity contribution in [3.8, 4) is 0 Å². The van der Waals surface area contributed by atoms with Gasteiger partial charge in [0.15, 0.2) is 10.8 Å². The van der Waals surface area contributed by atoms with Crippen LogP contribution in [0.2, 0.25) is 0 Å². The molecule has 2 saturated heterocycles. The molecule has 2 atom stereocenters. The maximum Gasteiger partial charge on any atom is 0.352 e. The summed E-state index contributed by atoms with van der Waals surface area (Å²) < 4.78 is 0. The van der Waals surface area contributed by atoms with Crippen LogP contribution >= 0.6 is 23.1 Å². The minimum Gasteiger partial charge on any atom is -0.477 e. The van der Waals surface area contributed by atoms with Gasteiger partial charge in [0, 0.05) is 41.2 Å². The van der Waals surface area contributed by atoms with Gasteiger partial charge in [-0.25, -0.2) is 9.78 Å². The van der Waals surface area contributed by atoms with Crippen LogP contribution in [0.4, 0.5) is 5.13 Å². The Labute approximate surface area is 248 Å². The molecule has 6 rings (SSSR count). The number of amides is 3. The molecule has 42 heavy (non-hydrogen) atoms. The summed E-state index contributed by atoms with van der Waals surface area (Å²) in [6.07, 6.45) is 7.13. The number of fused-ring (bicyclic) bond motifs is 1. The molecule has 2 aromatic heterocycles. The van der Waals surface area contributed by atoms with E-state index >= 15 is 0 Å². The first-order valence-electron chi connectivity index (χ1n) is 13.4. The van der Waals surface area contributed by atoms with Gasteiger partial charge in [-0.3, -0.25) is 24.3 Å². The van der Waals surface area contributed by atoms with E-state index in [2.05, 4.69) is 25.8 Å². The van der Waals surface area contributed by atoms with E-state index < -0.39 is 29.2 Å². The fourth-order valence-corrected chi connectivity index (χ4v) is 7.45. The van der Waals surface area contributed by atoms with Crippen LogP contribution in [0.1, 0.15) is 43.4 Å². The molecule has 0 aromatic carbocycles. The van der Waals surface area contributed by atoms with Gasteiger partial charge in [0.05, 0.1) is 0 Å². The summed E-state index contributed by atoms with van der Waals surface area (Å²) in [4.78, 5) is 67.2. The topological polar surface area (TPSA) is 189 Å². The number of nitrogen functional groups attached to an aromatic ring is 1. The number of nitrogens with zero attached hydrogens (tertiary/aromatic N) is 4. The monoisotopic (exact) mass is 609 g/mol. The molecule has 0 unspecified atom stereocenters. The highest BCUT2D eigenvalue weighted by molar-refractivity contribution is 8.00. The minimum absolute atomic E-state index is 0.103. The van der Waals surface area contributed by atoms with E-state index in [4.69, 9.17) is 10.6 Å². The number of carboxylic acids is 1. The zero-order valence-electron chi connectivity index (χ0n) is 22.2. The number of carboxylic acid groups (broad SMARTS) is 1. The minimum atomic E-state index is -1.30. The number of thiazole rings is 1. The van der Waals surface area contributed by atoms with Gasteiger partial charge in [-0.1, -0.05) is 5.16 Å². The first-order chi connectivity index (χ1) is 20.3. The van der Waals surface area contributed by atoms with Crippen molar-refractivity contribution in [1.29, 1.82) is 0 Å². The quantitative estimate of drug-likeness (QED) is 0.148. The fraction of sp³-hybridized carbons (Fsp3) is 0.370. The van der Waals surface area contributed by atoms with Gasteiger partial charge in [0.1, 0.15) is 28.9 Å². The molecule has 1 saturated carbocycles. The first-order valence-corrected chi connectivity index (χ1v) is 15.4. The normalized spacial score (nSPS) is 23.8. The van der Waals surface area contributed by atoms with Crippen molar-refractivity contribution in [2.75, 3.05) is 18.0 Å². The lowest BCUT2D eigenvalue weighted by molar-refractivity contribution is -0.150. The van der Waals surface area contributed by atoms with Crippen LogP contribution in [0, 0.1) is 0 Å². The van der Waals surface area contributed by atoms with E-state index in [-0.39, 0.29) is 40.0 Å². The third-order valence-electron chi connectivity index (χ3n) is 7.54. The number of anilines is 1. The Bertz CT molecular complexity index is 1550. The zero-order chi connectivity index (χ0) is 29.4. The maximum atomic E-state index is 13.5. The Morgan fingerprint density at radius 2 is 1.98 bits per heavy atom. The number of hydrogen-bond acceptors (Lipinski definition) is 11. The number of aliphatic carboxylic acids is 1. The van der Waals surface area contributed by atoms with Crippen LogP contribution in [-0.4, -0.2) is 79.2 Å². The Morgan fingerprint density at radius 1 is 1.21 bits per heavy atom. The molecule has 5 heterocycles. The van der Waals surface area contributed by atoms with Crippen molar-refractivity contribution < 1.29 is 29.1 Å². The molecule has 0 radical (unpaired) electrons. The summed E-state index contributed by atoms with van der Waals surface area (Å²) in [5.41, 5.74) is 7.63. The Hall–Kier alpha value is -4.24. The Morgan fingerprint density at radius 3 is 2.62 bits per heavy atom. The summed E-state index contributed by atoms with van der Waals surface area (Å²) in [6, 6.07) is 2.41. The predicted octanol–water partition coefficient (Wildman–Crippen LogP) is 1.50. The van der Waals surface area contributed by atoms with Crippen molar-refractivity contribution in [2.24, 2.45) is 5.16 Å². The third kappa shape index (κ3) is 5.13. The second-order valence-corrected chi connectivity index (χ2v) is 12.1. The van der Waals surface area contributed by atoms with Gasteiger partial charge in [0.25, 0.3) is 11.8 Å². The highest BCUT2D eigenvalue weighted by Crippen LogP contribution is 2.45. The number of aromatic nitrogens is 2. The van der Waals surface area contributed by atoms with Gasteiger partial charge in [0.2, 0.25) is 5.91 Å². The lowest BCUT2D eigenvalue weighted by atomic mass is 9.90. The number of carbonyl (C=O) groups excluding carboxylic acids is 3. The van der Waals surface area contributed by atoms with Crippen molar-refractivity contribution in [1.82, 2.24) is 25.5 Å². The number of nitrogens with two attached hydrogens (primary N) is 1. The standard InChI is InChI=1S/C27H27N7O6S2/c28-27-31-17(12-42-27)19(33-40-14-3-1-2-4-14)23(36)32-20-24(37)34-21(26(38)39)16(11-41-25(20)34)18(13-5-8-29-9-6-13)15-7-10-30-22(15)35/h5-6,8-9,12,14,20,25H,1-4,7,10-11H2,(H2,28,31)(H,30,35)(H,32,36)(H,38,39)/t20-,25-/m1/s1. The molecule has 2 aromatic rings. The highest BCUT2D eigenvalue weighted by Gasteiger charge is 2.55. The molecule has 15 heteroatoms. The Kier molecular flexibility index (Phi) is 7.68. The number of oxime groups is 1. The smallest absolute Gasteiger partial charge is 0.352 e. The van der Waals surface area contributed by atoms with Crippen LogP contribution in [0.5, 0.6) is 0 Å². The number of hydrogen-bond donors (Lipinski definition) is 4. The van der Waals surface area contributed by atoms with Crippen LogP contribution in [0.15, 0.2) is 51.9 Å². The molecule has 3 aliphatic heterocycles. The molecule has 0 bridgehead atoms. The largest absolute Gasteiger partial charge is 0.477 e. The molecule has 1 aliphatic carbocycles. The molecule has 4 aliphatic rings. The summed E-state index contributed by atoms with van der Waals surface area (Å²) in [7, 11) is 0. The number of carbonyl (C=O) groups is 4. The van der Waals surface area contributed by atoms with Gasteiger partial charge in [-0.15, -0.1) is 23.1 Å². The second-order valence-electron chi connectivity index (χ2n) is 10.1. The number of rotatable bonds is 8. The molecule has 5 N–H and O–H groups in total. The number of thioether (sulfide) groups is 1. The van der Waals surface area contributed by atoms with Crippen molar-refractivity contribution in [2.45, 2.75) is 49.6 Å². The predicted molar refractivity (Wildman–Crippen MR) is 155 cm³/mol. The van der Waals surface area contributed by atoms with E-state index in [9.17, 15) is 24.3 Å². The average Bonchev–Trinajstić information content (AvgIpc) is 3.76. The lowest BCUT2D eigenvalue weighted by Crippen LogP contribution is -2.71. The van der Waals surface area contributed by atoms with Crippen LogP contribution in [0.3, 0.4) is 0 Å². The van der Waals surface area contributed by atoms with Gasteiger partial charge in [-0.2, -0.15) is 0 Å². The summed E-state index contributed by atoms with van der Waals surface area (Å²) in [6.45, 7) is 0.434. The SMILES string of the molecule is Nc1nc(C(=NOC2CCCC2)C(=O)N[C@@H]2C(=O)N3C(C(=O)O)=C(C(=C4CCNC4=O)c4ccncc4)CS[C@H]23)cs1.